The van der Waals surface area contributed by atoms with Crippen LogP contribution >= 0.6 is 0 Å². The van der Waals surface area contributed by atoms with Crippen LogP contribution in [0.25, 0.3) is 0 Å². The minimum Gasteiger partial charge on any atom is -0.491 e. The molecule has 18 heavy (non-hydrogen) atoms. The molecule has 1 unspecified atom stereocenters. The Morgan fingerprint density at radius 1 is 1.28 bits per heavy atom. The van der Waals surface area contributed by atoms with E-state index in [4.69, 9.17) is 15.3 Å². The summed E-state index contributed by atoms with van der Waals surface area (Å²) in [7, 11) is 1.71. The molecule has 102 valence electrons. The fourth-order valence-corrected chi connectivity index (χ4v) is 1.89. The fraction of sp³-hybridized carbons (Fsp3) is 0.571. The number of para-hydroxylation sites is 1. The average molecular weight is 252 g/mol. The topological polar surface area (TPSA) is 56.5 Å². The maximum atomic E-state index is 5.81. The van der Waals surface area contributed by atoms with Gasteiger partial charge in [-0.2, -0.15) is 0 Å². The van der Waals surface area contributed by atoms with Gasteiger partial charge in [0.1, 0.15) is 5.75 Å². The lowest BCUT2D eigenvalue weighted by molar-refractivity contribution is 0.188. The molecule has 0 aliphatic heterocycles. The van der Waals surface area contributed by atoms with Crippen molar-refractivity contribution in [2.45, 2.75) is 38.8 Å². The highest BCUT2D eigenvalue weighted by Gasteiger charge is 2.14. The molecule has 4 heteroatoms. The number of methoxy groups -OCH3 is 1. The number of rotatable bonds is 8. The second kappa shape index (κ2) is 8.08. The van der Waals surface area contributed by atoms with Gasteiger partial charge >= 0.3 is 0 Å². The molecule has 0 aliphatic rings. The number of hydrogen-bond acceptors (Lipinski definition) is 4. The molecule has 4 nitrogen and oxygen atoms in total. The Balaban J connectivity index is 2.77. The zero-order valence-corrected chi connectivity index (χ0v) is 11.5. The Hall–Kier alpha value is -1.10. The van der Waals surface area contributed by atoms with E-state index in [0.717, 1.165) is 30.8 Å². The van der Waals surface area contributed by atoms with E-state index in [-0.39, 0.29) is 12.1 Å². The molecule has 1 atom stereocenters. The monoisotopic (exact) mass is 252 g/mol. The number of nitrogens with one attached hydrogen (secondary N) is 1. The van der Waals surface area contributed by atoms with Crippen LogP contribution in [0.5, 0.6) is 5.75 Å². The van der Waals surface area contributed by atoms with Gasteiger partial charge in [-0.25, -0.2) is 0 Å². The van der Waals surface area contributed by atoms with Crippen LogP contribution in [-0.2, 0) is 4.74 Å². The van der Waals surface area contributed by atoms with E-state index in [1.165, 1.54) is 0 Å². The van der Waals surface area contributed by atoms with Crippen LogP contribution in [0.4, 0.5) is 0 Å². The Morgan fingerprint density at radius 2 is 2.00 bits per heavy atom. The first-order chi connectivity index (χ1) is 8.69. The minimum atomic E-state index is 0.0927. The lowest BCUT2D eigenvalue weighted by Crippen LogP contribution is -2.28. The van der Waals surface area contributed by atoms with Crippen LogP contribution in [-0.4, -0.2) is 19.8 Å². The average Bonchev–Trinajstić information content (AvgIpc) is 2.35. The first-order valence-electron chi connectivity index (χ1n) is 6.39. The third-order valence-corrected chi connectivity index (χ3v) is 2.70. The van der Waals surface area contributed by atoms with Crippen LogP contribution in [0, 0.1) is 0 Å². The van der Waals surface area contributed by atoms with Gasteiger partial charge in [0.15, 0.2) is 0 Å². The Kier molecular flexibility index (Phi) is 6.72. The highest BCUT2D eigenvalue weighted by molar-refractivity contribution is 5.36. The summed E-state index contributed by atoms with van der Waals surface area (Å²) in [6.07, 6.45) is 2.04. The molecular formula is C14H24N2O2. The van der Waals surface area contributed by atoms with E-state index in [2.05, 4.69) is 11.5 Å². The second-order valence-electron chi connectivity index (χ2n) is 4.56. The highest BCUT2D eigenvalue weighted by Crippen LogP contribution is 2.28. The van der Waals surface area contributed by atoms with E-state index in [1.54, 1.807) is 7.11 Å². The molecule has 0 spiro atoms. The summed E-state index contributed by atoms with van der Waals surface area (Å²) in [6.45, 7) is 4.78. The van der Waals surface area contributed by atoms with Crippen LogP contribution in [0.3, 0.4) is 0 Å². The largest absolute Gasteiger partial charge is 0.491 e. The SMILES string of the molecule is COCCCC(NN)c1ccccc1OC(C)C. The van der Waals surface area contributed by atoms with Crippen molar-refractivity contribution < 1.29 is 9.47 Å². The van der Waals surface area contributed by atoms with Crippen LogP contribution in [0.15, 0.2) is 24.3 Å². The summed E-state index contributed by atoms with van der Waals surface area (Å²) in [5.74, 6) is 6.54. The molecule has 0 aromatic heterocycles. The van der Waals surface area contributed by atoms with E-state index >= 15 is 0 Å². The molecule has 0 bridgehead atoms. The Morgan fingerprint density at radius 3 is 2.61 bits per heavy atom. The van der Waals surface area contributed by atoms with Gasteiger partial charge in [-0.15, -0.1) is 0 Å². The summed E-state index contributed by atoms with van der Waals surface area (Å²) >= 11 is 0. The molecule has 1 aromatic carbocycles. The number of nitrogens with two attached hydrogens (primary N) is 1. The molecule has 0 saturated heterocycles. The molecule has 0 heterocycles. The normalized spacial score (nSPS) is 12.7. The van der Waals surface area contributed by atoms with Crippen LogP contribution in [0.1, 0.15) is 38.3 Å². The minimum absolute atomic E-state index is 0.0927. The summed E-state index contributed by atoms with van der Waals surface area (Å²) in [5, 5.41) is 0. The molecule has 3 N–H and O–H groups in total. The van der Waals surface area contributed by atoms with Crippen molar-refractivity contribution in [1.82, 2.24) is 5.43 Å². The number of benzene rings is 1. The fourth-order valence-electron chi connectivity index (χ4n) is 1.89. The molecule has 1 rings (SSSR count). The summed E-state index contributed by atoms with van der Waals surface area (Å²) < 4.78 is 10.9. The quantitative estimate of drug-likeness (QED) is 0.424. The van der Waals surface area contributed by atoms with Crippen molar-refractivity contribution in [2.75, 3.05) is 13.7 Å². The van der Waals surface area contributed by atoms with Crippen LogP contribution < -0.4 is 16.0 Å². The van der Waals surface area contributed by atoms with Gasteiger partial charge < -0.3 is 9.47 Å². The lowest BCUT2D eigenvalue weighted by atomic mass is 10.0. The lowest BCUT2D eigenvalue weighted by Gasteiger charge is -2.21. The third kappa shape index (κ3) is 4.64. The predicted octanol–water partition coefficient (Wildman–Crippen LogP) is 2.40. The third-order valence-electron chi connectivity index (χ3n) is 2.70. The molecule has 0 amide bonds. The van der Waals surface area contributed by atoms with E-state index in [9.17, 15) is 0 Å². The first-order valence-corrected chi connectivity index (χ1v) is 6.39. The van der Waals surface area contributed by atoms with Gasteiger partial charge in [0, 0.05) is 25.3 Å². The van der Waals surface area contributed by atoms with E-state index < -0.39 is 0 Å². The van der Waals surface area contributed by atoms with Crippen molar-refractivity contribution in [2.24, 2.45) is 5.84 Å². The molecule has 0 aliphatic carbocycles. The van der Waals surface area contributed by atoms with Gasteiger partial charge in [-0.05, 0) is 32.8 Å². The second-order valence-corrected chi connectivity index (χ2v) is 4.56. The molecule has 0 fully saturated rings. The van der Waals surface area contributed by atoms with Gasteiger partial charge in [-0.1, -0.05) is 18.2 Å². The van der Waals surface area contributed by atoms with Gasteiger partial charge in [0.25, 0.3) is 0 Å². The highest BCUT2D eigenvalue weighted by atomic mass is 16.5. The predicted molar refractivity (Wildman–Crippen MR) is 73.4 cm³/mol. The van der Waals surface area contributed by atoms with E-state index in [0.29, 0.717) is 0 Å². The first kappa shape index (κ1) is 15.0. The van der Waals surface area contributed by atoms with Crippen molar-refractivity contribution in [3.8, 4) is 5.75 Å². The summed E-state index contributed by atoms with van der Waals surface area (Å²) in [4.78, 5) is 0. The Labute approximate surface area is 109 Å². The Bertz CT molecular complexity index is 342. The number of hydrogen-bond donors (Lipinski definition) is 2. The van der Waals surface area contributed by atoms with Gasteiger partial charge in [0.05, 0.1) is 6.10 Å². The molecular weight excluding hydrogens is 228 g/mol. The standard InChI is InChI=1S/C14H24N2O2/c1-11(2)18-14-9-5-4-7-12(14)13(16-15)8-6-10-17-3/h4-5,7,9,11,13,16H,6,8,10,15H2,1-3H3. The number of hydrazine groups is 1. The zero-order chi connectivity index (χ0) is 13.4. The summed E-state index contributed by atoms with van der Waals surface area (Å²) in [6, 6.07) is 8.10. The maximum Gasteiger partial charge on any atom is 0.124 e. The van der Waals surface area contributed by atoms with Gasteiger partial charge in [0.2, 0.25) is 0 Å². The summed E-state index contributed by atoms with van der Waals surface area (Å²) in [5.41, 5.74) is 3.96. The molecule has 0 radical (unpaired) electrons. The van der Waals surface area contributed by atoms with Crippen molar-refractivity contribution in [3.05, 3.63) is 29.8 Å². The molecule has 1 aromatic rings. The zero-order valence-electron chi connectivity index (χ0n) is 11.5. The van der Waals surface area contributed by atoms with Crippen molar-refractivity contribution >= 4 is 0 Å². The van der Waals surface area contributed by atoms with E-state index in [1.807, 2.05) is 32.0 Å². The smallest absolute Gasteiger partial charge is 0.124 e. The van der Waals surface area contributed by atoms with Crippen molar-refractivity contribution in [3.63, 3.8) is 0 Å². The molecule has 0 saturated carbocycles. The van der Waals surface area contributed by atoms with Gasteiger partial charge in [-0.3, -0.25) is 11.3 Å². The van der Waals surface area contributed by atoms with Crippen LogP contribution in [0.2, 0.25) is 0 Å². The van der Waals surface area contributed by atoms with Crippen molar-refractivity contribution in [1.29, 1.82) is 0 Å². The number of ether oxygens (including phenoxy) is 2. The maximum absolute atomic E-state index is 5.81.